The van der Waals surface area contributed by atoms with Crippen molar-refractivity contribution in [1.29, 1.82) is 0 Å². The van der Waals surface area contributed by atoms with Gasteiger partial charge in [0, 0.05) is 31.4 Å². The van der Waals surface area contributed by atoms with Gasteiger partial charge in [0.1, 0.15) is 11.4 Å². The number of nitrogens with one attached hydrogen (secondary N) is 1. The van der Waals surface area contributed by atoms with E-state index in [0.29, 0.717) is 50.0 Å². The second-order valence-corrected chi connectivity index (χ2v) is 6.93. The van der Waals surface area contributed by atoms with Crippen molar-refractivity contribution in [2.75, 3.05) is 38.7 Å². The summed E-state index contributed by atoms with van der Waals surface area (Å²) < 4.78 is 12.4. The molecule has 1 saturated heterocycles. The Hall–Kier alpha value is -2.87. The van der Waals surface area contributed by atoms with E-state index in [0.717, 1.165) is 25.0 Å². The number of ether oxygens (including phenoxy) is 2. The molecule has 0 bridgehead atoms. The number of fused-ring (bicyclic) bond motifs is 1. The summed E-state index contributed by atoms with van der Waals surface area (Å²) in [5, 5.41) is 2.87. The van der Waals surface area contributed by atoms with Crippen LogP contribution in [-0.4, -0.2) is 59.7 Å². The van der Waals surface area contributed by atoms with Crippen molar-refractivity contribution < 1.29 is 19.1 Å². The van der Waals surface area contributed by atoms with Crippen LogP contribution < -0.4 is 10.1 Å². The van der Waals surface area contributed by atoms with Crippen LogP contribution in [0.3, 0.4) is 0 Å². The predicted molar refractivity (Wildman–Crippen MR) is 103 cm³/mol. The van der Waals surface area contributed by atoms with Crippen molar-refractivity contribution in [2.45, 2.75) is 25.8 Å². The van der Waals surface area contributed by atoms with Crippen molar-refractivity contribution in [1.82, 2.24) is 14.5 Å². The van der Waals surface area contributed by atoms with Crippen LogP contribution in [0.25, 0.3) is 0 Å². The Balaban J connectivity index is 1.62. The number of morpholine rings is 1. The number of amides is 2. The van der Waals surface area contributed by atoms with Gasteiger partial charge in [-0.05, 0) is 31.4 Å². The van der Waals surface area contributed by atoms with Crippen molar-refractivity contribution in [2.24, 2.45) is 0 Å². The lowest BCUT2D eigenvalue weighted by molar-refractivity contribution is 0.0298. The number of aromatic nitrogens is 2. The number of hydrogen-bond donors (Lipinski definition) is 1. The molecule has 2 aromatic rings. The van der Waals surface area contributed by atoms with Gasteiger partial charge in [-0.15, -0.1) is 0 Å². The molecule has 2 aliphatic rings. The Labute approximate surface area is 163 Å². The summed E-state index contributed by atoms with van der Waals surface area (Å²) in [6.45, 7) is 2.86. The van der Waals surface area contributed by atoms with E-state index in [1.165, 1.54) is 0 Å². The molecule has 0 atom stereocenters. The fourth-order valence-corrected chi connectivity index (χ4v) is 3.69. The van der Waals surface area contributed by atoms with Gasteiger partial charge in [-0.1, -0.05) is 6.07 Å². The summed E-state index contributed by atoms with van der Waals surface area (Å²) >= 11 is 0. The van der Waals surface area contributed by atoms with E-state index in [2.05, 4.69) is 10.3 Å². The van der Waals surface area contributed by atoms with E-state index in [4.69, 9.17) is 9.47 Å². The van der Waals surface area contributed by atoms with Gasteiger partial charge in [0.05, 0.1) is 26.0 Å². The zero-order valence-corrected chi connectivity index (χ0v) is 15.9. The average molecular weight is 384 g/mol. The molecule has 3 heterocycles. The first kappa shape index (κ1) is 18.5. The Morgan fingerprint density at radius 3 is 2.79 bits per heavy atom. The van der Waals surface area contributed by atoms with Crippen LogP contribution >= 0.6 is 0 Å². The molecule has 28 heavy (non-hydrogen) atoms. The Bertz CT molecular complexity index is 886. The van der Waals surface area contributed by atoms with Crippen molar-refractivity contribution >= 4 is 17.5 Å². The Kier molecular flexibility index (Phi) is 5.29. The molecule has 0 aliphatic carbocycles. The minimum atomic E-state index is -0.322. The molecule has 0 saturated carbocycles. The molecule has 0 radical (unpaired) electrons. The molecule has 148 valence electrons. The molecular formula is C20H24N4O4. The fraction of sp³-hybridized carbons (Fsp3) is 0.450. The summed E-state index contributed by atoms with van der Waals surface area (Å²) in [6.07, 6.45) is 2.71. The number of benzene rings is 1. The van der Waals surface area contributed by atoms with Crippen molar-refractivity contribution in [3.63, 3.8) is 0 Å². The lowest BCUT2D eigenvalue weighted by Crippen LogP contribution is -2.41. The van der Waals surface area contributed by atoms with E-state index in [9.17, 15) is 9.59 Å². The zero-order valence-electron chi connectivity index (χ0n) is 15.9. The van der Waals surface area contributed by atoms with E-state index < -0.39 is 0 Å². The first-order chi connectivity index (χ1) is 13.7. The molecular weight excluding hydrogens is 360 g/mol. The maximum atomic E-state index is 13.0. The highest BCUT2D eigenvalue weighted by atomic mass is 16.5. The molecule has 8 heteroatoms. The van der Waals surface area contributed by atoms with E-state index in [1.54, 1.807) is 24.1 Å². The first-order valence-electron chi connectivity index (χ1n) is 9.59. The number of carbonyl (C=O) groups excluding carboxylic acids is 2. The number of carbonyl (C=O) groups is 2. The molecule has 1 aromatic carbocycles. The van der Waals surface area contributed by atoms with Crippen LogP contribution in [0.2, 0.25) is 0 Å². The van der Waals surface area contributed by atoms with Gasteiger partial charge < -0.3 is 24.3 Å². The summed E-state index contributed by atoms with van der Waals surface area (Å²) in [4.78, 5) is 32.2. The SMILES string of the molecule is COc1cccc(NC(=O)c2nc(C(=O)N3CCOCC3)c3n2CCCC3)c1. The molecule has 0 unspecified atom stereocenters. The number of methoxy groups -OCH3 is 1. The third-order valence-electron chi connectivity index (χ3n) is 5.15. The molecule has 2 amide bonds. The standard InChI is InChI=1S/C20H24N4O4/c1-27-15-6-4-5-14(13-15)21-19(25)18-22-17(16-7-2-3-8-24(16)18)20(26)23-9-11-28-12-10-23/h4-6,13H,2-3,7-12H2,1H3,(H,21,25). The van der Waals surface area contributed by atoms with Gasteiger partial charge in [0.25, 0.3) is 11.8 Å². The first-order valence-corrected chi connectivity index (χ1v) is 9.59. The lowest BCUT2D eigenvalue weighted by Gasteiger charge is -2.26. The van der Waals surface area contributed by atoms with Crippen LogP contribution in [0.15, 0.2) is 24.3 Å². The molecule has 4 rings (SSSR count). The van der Waals surface area contributed by atoms with E-state index in [-0.39, 0.29) is 17.6 Å². The highest BCUT2D eigenvalue weighted by molar-refractivity contribution is 6.03. The van der Waals surface area contributed by atoms with Crippen LogP contribution in [0.1, 0.15) is 39.6 Å². The molecule has 1 N–H and O–H groups in total. The topological polar surface area (TPSA) is 85.7 Å². The summed E-state index contributed by atoms with van der Waals surface area (Å²) in [5.41, 5.74) is 1.88. The maximum Gasteiger partial charge on any atom is 0.291 e. The largest absolute Gasteiger partial charge is 0.497 e. The fourth-order valence-electron chi connectivity index (χ4n) is 3.69. The predicted octanol–water partition coefficient (Wildman–Crippen LogP) is 1.95. The second-order valence-electron chi connectivity index (χ2n) is 6.93. The van der Waals surface area contributed by atoms with E-state index >= 15 is 0 Å². The summed E-state index contributed by atoms with van der Waals surface area (Å²) in [6, 6.07) is 7.16. The molecule has 0 spiro atoms. The van der Waals surface area contributed by atoms with Gasteiger partial charge >= 0.3 is 0 Å². The third-order valence-corrected chi connectivity index (χ3v) is 5.15. The van der Waals surface area contributed by atoms with Crippen molar-refractivity contribution in [3.05, 3.63) is 41.5 Å². The van der Waals surface area contributed by atoms with Gasteiger partial charge in [-0.3, -0.25) is 9.59 Å². The minimum Gasteiger partial charge on any atom is -0.497 e. The lowest BCUT2D eigenvalue weighted by atomic mass is 10.1. The third kappa shape index (κ3) is 3.60. The van der Waals surface area contributed by atoms with Gasteiger partial charge in [0.2, 0.25) is 0 Å². The zero-order chi connectivity index (χ0) is 19.5. The Morgan fingerprint density at radius 2 is 2.00 bits per heavy atom. The van der Waals surface area contributed by atoms with Gasteiger partial charge in [-0.25, -0.2) is 4.98 Å². The van der Waals surface area contributed by atoms with Crippen LogP contribution in [0.4, 0.5) is 5.69 Å². The van der Waals surface area contributed by atoms with Gasteiger partial charge in [-0.2, -0.15) is 0 Å². The number of hydrogen-bond acceptors (Lipinski definition) is 5. The number of nitrogens with zero attached hydrogens (tertiary/aromatic N) is 3. The molecule has 2 aliphatic heterocycles. The molecule has 1 aromatic heterocycles. The highest BCUT2D eigenvalue weighted by Crippen LogP contribution is 2.24. The maximum absolute atomic E-state index is 13.0. The Morgan fingerprint density at radius 1 is 1.18 bits per heavy atom. The van der Waals surface area contributed by atoms with Gasteiger partial charge in [0.15, 0.2) is 5.82 Å². The minimum absolute atomic E-state index is 0.116. The van der Waals surface area contributed by atoms with E-state index in [1.807, 2.05) is 16.7 Å². The van der Waals surface area contributed by atoms with Crippen molar-refractivity contribution in [3.8, 4) is 5.75 Å². The average Bonchev–Trinajstić information content (AvgIpc) is 3.14. The quantitative estimate of drug-likeness (QED) is 0.871. The number of imidazole rings is 1. The highest BCUT2D eigenvalue weighted by Gasteiger charge is 2.30. The molecule has 1 fully saturated rings. The smallest absolute Gasteiger partial charge is 0.291 e. The monoisotopic (exact) mass is 384 g/mol. The molecule has 8 nitrogen and oxygen atoms in total. The summed E-state index contributed by atoms with van der Waals surface area (Å²) in [5.74, 6) is 0.507. The number of anilines is 1. The van der Waals surface area contributed by atoms with Crippen LogP contribution in [0.5, 0.6) is 5.75 Å². The normalized spacial score (nSPS) is 16.4. The van der Waals surface area contributed by atoms with Crippen LogP contribution in [-0.2, 0) is 17.7 Å². The van der Waals surface area contributed by atoms with Crippen LogP contribution in [0, 0.1) is 0 Å². The number of rotatable bonds is 4. The summed E-state index contributed by atoms with van der Waals surface area (Å²) in [7, 11) is 1.58. The second kappa shape index (κ2) is 8.02.